The topological polar surface area (TPSA) is 117 Å². The Morgan fingerprint density at radius 2 is 2.44 bits per heavy atom. The average molecular weight is 250 g/mol. The predicted octanol–water partition coefficient (Wildman–Crippen LogP) is 0.0525. The van der Waals surface area contributed by atoms with Gasteiger partial charge in [-0.15, -0.1) is 0 Å². The van der Waals surface area contributed by atoms with Gasteiger partial charge in [-0.25, -0.2) is 9.78 Å². The van der Waals surface area contributed by atoms with E-state index in [1.807, 2.05) is 0 Å². The summed E-state index contributed by atoms with van der Waals surface area (Å²) in [7, 11) is 0. The number of carbonyl (C=O) groups is 2. The van der Waals surface area contributed by atoms with E-state index in [-0.39, 0.29) is 23.2 Å². The van der Waals surface area contributed by atoms with Gasteiger partial charge in [0.15, 0.2) is 0 Å². The number of hydrogen-bond donors (Lipinski definition) is 4. The molecule has 0 bridgehead atoms. The second kappa shape index (κ2) is 4.91. The second-order valence-corrected chi connectivity index (χ2v) is 4.11. The van der Waals surface area contributed by atoms with Crippen LogP contribution in [0, 0.1) is 0 Å². The Hall–Kier alpha value is -2.31. The van der Waals surface area contributed by atoms with Gasteiger partial charge in [0.2, 0.25) is 5.91 Å². The first-order valence-corrected chi connectivity index (χ1v) is 5.59. The molecule has 0 aromatic carbocycles. The molecule has 1 aromatic rings. The third kappa shape index (κ3) is 2.50. The number of aromatic nitrogens is 1. The zero-order valence-electron chi connectivity index (χ0n) is 9.64. The number of pyridine rings is 1. The van der Waals surface area contributed by atoms with Crippen molar-refractivity contribution in [3.8, 4) is 0 Å². The van der Waals surface area contributed by atoms with Crippen LogP contribution in [-0.2, 0) is 4.79 Å². The molecule has 18 heavy (non-hydrogen) atoms. The molecule has 1 fully saturated rings. The largest absolute Gasteiger partial charge is 0.478 e. The monoisotopic (exact) mass is 250 g/mol. The minimum absolute atomic E-state index is 0.0166. The van der Waals surface area contributed by atoms with Gasteiger partial charge in [-0.2, -0.15) is 0 Å². The van der Waals surface area contributed by atoms with Crippen molar-refractivity contribution >= 4 is 23.4 Å². The van der Waals surface area contributed by atoms with Crippen LogP contribution < -0.4 is 16.4 Å². The van der Waals surface area contributed by atoms with Gasteiger partial charge in [0.05, 0.1) is 11.3 Å². The molecule has 0 radical (unpaired) electrons. The lowest BCUT2D eigenvalue weighted by Gasteiger charge is -2.13. The van der Waals surface area contributed by atoms with Gasteiger partial charge in [0, 0.05) is 25.2 Å². The number of amides is 1. The molecule has 1 unspecified atom stereocenters. The van der Waals surface area contributed by atoms with E-state index in [0.717, 1.165) is 6.42 Å². The predicted molar refractivity (Wildman–Crippen MR) is 65.3 cm³/mol. The lowest BCUT2D eigenvalue weighted by molar-refractivity contribution is -0.119. The molecule has 0 aliphatic carbocycles. The third-order valence-electron chi connectivity index (χ3n) is 2.82. The van der Waals surface area contributed by atoms with E-state index in [2.05, 4.69) is 15.6 Å². The van der Waals surface area contributed by atoms with Crippen LogP contribution in [0.4, 0.5) is 11.5 Å². The second-order valence-electron chi connectivity index (χ2n) is 4.11. The number of rotatable bonds is 4. The van der Waals surface area contributed by atoms with E-state index in [0.29, 0.717) is 18.8 Å². The van der Waals surface area contributed by atoms with Gasteiger partial charge >= 0.3 is 5.97 Å². The maximum absolute atomic E-state index is 11.0. The lowest BCUT2D eigenvalue weighted by Crippen LogP contribution is -2.32. The first-order valence-electron chi connectivity index (χ1n) is 5.59. The maximum Gasteiger partial charge on any atom is 0.337 e. The summed E-state index contributed by atoms with van der Waals surface area (Å²) in [5.74, 6) is -0.731. The Balaban J connectivity index is 2.03. The number of anilines is 2. The Morgan fingerprint density at radius 1 is 1.67 bits per heavy atom. The third-order valence-corrected chi connectivity index (χ3v) is 2.82. The van der Waals surface area contributed by atoms with Gasteiger partial charge in [-0.1, -0.05) is 0 Å². The van der Waals surface area contributed by atoms with Crippen molar-refractivity contribution in [1.82, 2.24) is 10.3 Å². The molecule has 7 heteroatoms. The van der Waals surface area contributed by atoms with Crippen molar-refractivity contribution in [2.24, 2.45) is 0 Å². The van der Waals surface area contributed by atoms with E-state index >= 15 is 0 Å². The average Bonchev–Trinajstić information content (AvgIpc) is 2.73. The maximum atomic E-state index is 11.0. The zero-order chi connectivity index (χ0) is 13.1. The number of carboxylic acid groups (broad SMARTS) is 1. The summed E-state index contributed by atoms with van der Waals surface area (Å²) in [5.41, 5.74) is 5.83. The van der Waals surface area contributed by atoms with Crippen molar-refractivity contribution in [3.63, 3.8) is 0 Å². The van der Waals surface area contributed by atoms with Gasteiger partial charge in [-0.05, 0) is 12.5 Å². The normalized spacial score (nSPS) is 18.4. The van der Waals surface area contributed by atoms with Crippen LogP contribution in [0.25, 0.3) is 0 Å². The number of carbonyl (C=O) groups excluding carboxylic acids is 1. The molecule has 2 heterocycles. The van der Waals surface area contributed by atoms with Gasteiger partial charge in [0.1, 0.15) is 5.82 Å². The van der Waals surface area contributed by atoms with Crippen molar-refractivity contribution in [2.45, 2.75) is 18.9 Å². The molecule has 0 spiro atoms. The van der Waals surface area contributed by atoms with Crippen LogP contribution in [0.1, 0.15) is 23.2 Å². The van der Waals surface area contributed by atoms with E-state index in [1.165, 1.54) is 12.3 Å². The molecule has 1 aliphatic heterocycles. The minimum atomic E-state index is -1.09. The molecular weight excluding hydrogens is 236 g/mol. The fourth-order valence-corrected chi connectivity index (χ4v) is 1.85. The number of aromatic carboxylic acids is 1. The van der Waals surface area contributed by atoms with Crippen LogP contribution in [0.2, 0.25) is 0 Å². The molecule has 5 N–H and O–H groups in total. The van der Waals surface area contributed by atoms with Crippen molar-refractivity contribution in [1.29, 1.82) is 0 Å². The Kier molecular flexibility index (Phi) is 3.31. The van der Waals surface area contributed by atoms with Gasteiger partial charge < -0.3 is 21.5 Å². The molecule has 1 amide bonds. The molecule has 0 saturated carbocycles. The highest BCUT2D eigenvalue weighted by atomic mass is 16.4. The lowest BCUT2D eigenvalue weighted by atomic mass is 10.2. The standard InChI is InChI=1S/C11H14N4O3/c12-9-7(11(17)18)3-4-13-10(9)14-5-6-1-2-8(16)15-6/h3-4,6H,1-2,5,12H2,(H,13,14)(H,15,16)(H,17,18). The van der Waals surface area contributed by atoms with Gasteiger partial charge in [0.25, 0.3) is 0 Å². The van der Waals surface area contributed by atoms with E-state index < -0.39 is 5.97 Å². The fraction of sp³-hybridized carbons (Fsp3) is 0.364. The molecule has 1 aliphatic rings. The summed E-state index contributed by atoms with van der Waals surface area (Å²) in [6.45, 7) is 0.478. The summed E-state index contributed by atoms with van der Waals surface area (Å²) >= 11 is 0. The summed E-state index contributed by atoms with van der Waals surface area (Å²) < 4.78 is 0. The zero-order valence-corrected chi connectivity index (χ0v) is 9.64. The van der Waals surface area contributed by atoms with Crippen molar-refractivity contribution < 1.29 is 14.7 Å². The summed E-state index contributed by atoms with van der Waals surface area (Å²) in [6, 6.07) is 1.38. The number of hydrogen-bond acceptors (Lipinski definition) is 5. The molecule has 1 atom stereocenters. The summed E-state index contributed by atoms with van der Waals surface area (Å²) in [4.78, 5) is 25.9. The number of nitrogens with one attached hydrogen (secondary N) is 2. The number of carboxylic acids is 1. The first-order chi connectivity index (χ1) is 8.58. The van der Waals surface area contributed by atoms with Crippen LogP contribution in [-0.4, -0.2) is 34.6 Å². The SMILES string of the molecule is Nc1c(C(=O)O)ccnc1NCC1CCC(=O)N1. The highest BCUT2D eigenvalue weighted by Crippen LogP contribution is 2.20. The van der Waals surface area contributed by atoms with E-state index in [4.69, 9.17) is 10.8 Å². The molecule has 96 valence electrons. The highest BCUT2D eigenvalue weighted by Gasteiger charge is 2.21. The summed E-state index contributed by atoms with van der Waals surface area (Å²) in [5, 5.41) is 14.7. The summed E-state index contributed by atoms with van der Waals surface area (Å²) in [6.07, 6.45) is 2.66. The smallest absolute Gasteiger partial charge is 0.337 e. The number of nitrogen functional groups attached to an aromatic ring is 1. The molecule has 7 nitrogen and oxygen atoms in total. The van der Waals surface area contributed by atoms with E-state index in [1.54, 1.807) is 0 Å². The fourth-order valence-electron chi connectivity index (χ4n) is 1.85. The van der Waals surface area contributed by atoms with Gasteiger partial charge in [-0.3, -0.25) is 4.79 Å². The molecule has 1 saturated heterocycles. The van der Waals surface area contributed by atoms with Crippen LogP contribution in [0.3, 0.4) is 0 Å². The van der Waals surface area contributed by atoms with Crippen molar-refractivity contribution in [2.75, 3.05) is 17.6 Å². The van der Waals surface area contributed by atoms with Crippen LogP contribution in [0.15, 0.2) is 12.3 Å². The van der Waals surface area contributed by atoms with E-state index in [9.17, 15) is 9.59 Å². The van der Waals surface area contributed by atoms with Crippen molar-refractivity contribution in [3.05, 3.63) is 17.8 Å². The van der Waals surface area contributed by atoms with Crippen LogP contribution >= 0.6 is 0 Å². The Labute approximate surface area is 103 Å². The molecular formula is C11H14N4O3. The Bertz CT molecular complexity index is 489. The Morgan fingerprint density at radius 3 is 3.06 bits per heavy atom. The number of nitrogens with two attached hydrogens (primary N) is 1. The van der Waals surface area contributed by atoms with Crippen LogP contribution in [0.5, 0.6) is 0 Å². The molecule has 1 aromatic heterocycles. The number of nitrogens with zero attached hydrogens (tertiary/aromatic N) is 1. The minimum Gasteiger partial charge on any atom is -0.478 e. The first kappa shape index (κ1) is 12.2. The quantitative estimate of drug-likeness (QED) is 0.600. The molecule has 2 rings (SSSR count). The highest BCUT2D eigenvalue weighted by molar-refractivity contribution is 5.96.